The highest BCUT2D eigenvalue weighted by Crippen LogP contribution is 2.33. The number of hydrogen-bond acceptors (Lipinski definition) is 4. The SMILES string of the molecule is CSC1(CNC(=O)N(C)Cc2sccc2C)CCOCC1. The van der Waals surface area contributed by atoms with Crippen LogP contribution < -0.4 is 5.32 Å². The van der Waals surface area contributed by atoms with Gasteiger partial charge in [0.2, 0.25) is 0 Å². The van der Waals surface area contributed by atoms with E-state index in [1.54, 1.807) is 16.2 Å². The molecular weight excluding hydrogens is 304 g/mol. The summed E-state index contributed by atoms with van der Waals surface area (Å²) in [5.41, 5.74) is 1.25. The van der Waals surface area contributed by atoms with E-state index < -0.39 is 0 Å². The lowest BCUT2D eigenvalue weighted by Gasteiger charge is -2.36. The second kappa shape index (κ2) is 7.51. The maximum Gasteiger partial charge on any atom is 0.317 e. The number of hydrogen-bond donors (Lipinski definition) is 1. The third-order valence-corrected chi connectivity index (χ3v) is 6.52. The second-order valence-electron chi connectivity index (χ2n) is 5.54. The summed E-state index contributed by atoms with van der Waals surface area (Å²) in [5, 5.41) is 5.16. The number of urea groups is 1. The van der Waals surface area contributed by atoms with Gasteiger partial charge in [-0.05, 0) is 43.0 Å². The zero-order chi connectivity index (χ0) is 15.3. The molecule has 1 saturated heterocycles. The molecule has 1 aromatic heterocycles. The van der Waals surface area contributed by atoms with Crippen LogP contribution in [0.1, 0.15) is 23.3 Å². The van der Waals surface area contributed by atoms with Crippen molar-refractivity contribution in [3.63, 3.8) is 0 Å². The Balaban J connectivity index is 1.84. The Bertz CT molecular complexity index is 470. The van der Waals surface area contributed by atoms with Gasteiger partial charge in [-0.1, -0.05) is 0 Å². The summed E-state index contributed by atoms with van der Waals surface area (Å²) >= 11 is 3.55. The van der Waals surface area contributed by atoms with E-state index in [0.717, 1.165) is 26.1 Å². The first-order valence-corrected chi connectivity index (χ1v) is 9.31. The standard InChI is InChI=1S/C15H24N2O2S2/c1-12-4-9-21-13(12)10-17(2)14(18)16-11-15(20-3)5-7-19-8-6-15/h4,9H,5-8,10-11H2,1-3H3,(H,16,18). The summed E-state index contributed by atoms with van der Waals surface area (Å²) in [5.74, 6) is 0. The van der Waals surface area contributed by atoms with Crippen LogP contribution in [0.3, 0.4) is 0 Å². The summed E-state index contributed by atoms with van der Waals surface area (Å²) in [6.45, 7) is 5.05. The Kier molecular flexibility index (Phi) is 5.96. The molecule has 1 fully saturated rings. The first-order valence-electron chi connectivity index (χ1n) is 7.21. The van der Waals surface area contributed by atoms with Gasteiger partial charge in [-0.3, -0.25) is 0 Å². The van der Waals surface area contributed by atoms with Crippen LogP contribution in [0.15, 0.2) is 11.4 Å². The zero-order valence-corrected chi connectivity index (χ0v) is 14.6. The van der Waals surface area contributed by atoms with Gasteiger partial charge in [-0.2, -0.15) is 11.8 Å². The van der Waals surface area contributed by atoms with Crippen molar-refractivity contribution in [1.82, 2.24) is 10.2 Å². The Labute approximate surface area is 135 Å². The molecule has 1 N–H and O–H groups in total. The van der Waals surface area contributed by atoms with Gasteiger partial charge in [0.05, 0.1) is 6.54 Å². The van der Waals surface area contributed by atoms with Gasteiger partial charge in [-0.25, -0.2) is 4.79 Å². The number of thiophene rings is 1. The summed E-state index contributed by atoms with van der Waals surface area (Å²) in [7, 11) is 1.85. The number of thioether (sulfide) groups is 1. The number of nitrogens with zero attached hydrogens (tertiary/aromatic N) is 1. The first kappa shape index (κ1) is 16.6. The molecule has 1 aliphatic rings. The molecule has 118 valence electrons. The van der Waals surface area contributed by atoms with Crippen molar-refractivity contribution in [2.45, 2.75) is 31.1 Å². The molecule has 2 amide bonds. The van der Waals surface area contributed by atoms with E-state index in [-0.39, 0.29) is 10.8 Å². The maximum atomic E-state index is 12.3. The molecule has 0 saturated carbocycles. The monoisotopic (exact) mass is 328 g/mol. The largest absolute Gasteiger partial charge is 0.381 e. The van der Waals surface area contributed by atoms with Crippen molar-refractivity contribution in [3.05, 3.63) is 21.9 Å². The van der Waals surface area contributed by atoms with Crippen LogP contribution in [0.25, 0.3) is 0 Å². The van der Waals surface area contributed by atoms with Gasteiger partial charge >= 0.3 is 6.03 Å². The number of nitrogens with one attached hydrogen (secondary N) is 1. The van der Waals surface area contributed by atoms with Crippen molar-refractivity contribution in [2.24, 2.45) is 0 Å². The Morgan fingerprint density at radius 2 is 2.24 bits per heavy atom. The molecule has 0 atom stereocenters. The van der Waals surface area contributed by atoms with Crippen molar-refractivity contribution in [3.8, 4) is 0 Å². The lowest BCUT2D eigenvalue weighted by atomic mass is 9.99. The number of carbonyl (C=O) groups is 1. The number of rotatable bonds is 5. The Morgan fingerprint density at radius 3 is 2.81 bits per heavy atom. The van der Waals surface area contributed by atoms with Crippen LogP contribution in [0.2, 0.25) is 0 Å². The molecule has 6 heteroatoms. The molecular formula is C15H24N2O2S2. The maximum absolute atomic E-state index is 12.3. The van der Waals surface area contributed by atoms with Crippen LogP contribution in [0.5, 0.6) is 0 Å². The second-order valence-corrected chi connectivity index (χ2v) is 7.82. The summed E-state index contributed by atoms with van der Waals surface area (Å²) in [6, 6.07) is 2.10. The number of carbonyl (C=O) groups excluding carboxylic acids is 1. The predicted octanol–water partition coefficient (Wildman–Crippen LogP) is 3.11. The van der Waals surface area contributed by atoms with Gasteiger partial charge in [-0.15, -0.1) is 11.3 Å². The van der Waals surface area contributed by atoms with E-state index in [2.05, 4.69) is 29.9 Å². The van der Waals surface area contributed by atoms with Crippen molar-refractivity contribution >= 4 is 29.1 Å². The molecule has 0 unspecified atom stereocenters. The van der Waals surface area contributed by atoms with Crippen molar-refractivity contribution in [2.75, 3.05) is 33.1 Å². The predicted molar refractivity (Wildman–Crippen MR) is 90.2 cm³/mol. The summed E-state index contributed by atoms with van der Waals surface area (Å²) < 4.78 is 5.56. The molecule has 0 spiro atoms. The smallest absolute Gasteiger partial charge is 0.317 e. The van der Waals surface area contributed by atoms with E-state index in [1.807, 2.05) is 18.8 Å². The molecule has 0 aromatic carbocycles. The van der Waals surface area contributed by atoms with E-state index in [9.17, 15) is 4.79 Å². The third-order valence-electron chi connectivity index (χ3n) is 4.09. The van der Waals surface area contributed by atoms with Crippen LogP contribution in [-0.4, -0.2) is 48.7 Å². The average Bonchev–Trinajstić information content (AvgIpc) is 2.91. The molecule has 0 radical (unpaired) electrons. The van der Waals surface area contributed by atoms with Crippen LogP contribution >= 0.6 is 23.1 Å². The molecule has 2 rings (SSSR count). The number of ether oxygens (including phenoxy) is 1. The summed E-state index contributed by atoms with van der Waals surface area (Å²) in [6.07, 6.45) is 4.13. The molecule has 4 nitrogen and oxygen atoms in total. The quantitative estimate of drug-likeness (QED) is 0.903. The van der Waals surface area contributed by atoms with Crippen LogP contribution in [0.4, 0.5) is 4.79 Å². The van der Waals surface area contributed by atoms with Gasteiger partial charge in [0, 0.05) is 36.4 Å². The minimum Gasteiger partial charge on any atom is -0.381 e. The van der Waals surface area contributed by atoms with Crippen molar-refractivity contribution < 1.29 is 9.53 Å². The molecule has 0 aliphatic carbocycles. The fourth-order valence-corrected chi connectivity index (χ4v) is 4.17. The highest BCUT2D eigenvalue weighted by molar-refractivity contribution is 8.00. The molecule has 21 heavy (non-hydrogen) atoms. The van der Waals surface area contributed by atoms with E-state index in [4.69, 9.17) is 4.74 Å². The molecule has 1 aromatic rings. The molecule has 1 aliphatic heterocycles. The fraction of sp³-hybridized carbons (Fsp3) is 0.667. The van der Waals surface area contributed by atoms with Gasteiger partial charge < -0.3 is 15.0 Å². The average molecular weight is 329 g/mol. The lowest BCUT2D eigenvalue weighted by molar-refractivity contribution is 0.0773. The third kappa shape index (κ3) is 4.37. The normalized spacial score (nSPS) is 17.5. The van der Waals surface area contributed by atoms with Crippen LogP contribution in [-0.2, 0) is 11.3 Å². The minimum absolute atomic E-state index is 0.00252. The Morgan fingerprint density at radius 1 is 1.52 bits per heavy atom. The van der Waals surface area contributed by atoms with E-state index in [0.29, 0.717) is 13.1 Å². The first-order chi connectivity index (χ1) is 10.1. The van der Waals surface area contributed by atoms with Gasteiger partial charge in [0.25, 0.3) is 0 Å². The van der Waals surface area contributed by atoms with E-state index in [1.165, 1.54) is 10.4 Å². The minimum atomic E-state index is 0.00252. The fourth-order valence-electron chi connectivity index (χ4n) is 2.42. The highest BCUT2D eigenvalue weighted by atomic mass is 32.2. The number of aryl methyl sites for hydroxylation is 1. The lowest BCUT2D eigenvalue weighted by Crippen LogP contribution is -2.47. The van der Waals surface area contributed by atoms with Crippen LogP contribution in [0, 0.1) is 6.92 Å². The van der Waals surface area contributed by atoms with Gasteiger partial charge in [0.1, 0.15) is 0 Å². The Hall–Kier alpha value is -0.720. The summed E-state index contributed by atoms with van der Waals surface area (Å²) in [4.78, 5) is 15.3. The zero-order valence-electron chi connectivity index (χ0n) is 13.0. The number of amides is 2. The van der Waals surface area contributed by atoms with Crippen molar-refractivity contribution in [1.29, 1.82) is 0 Å². The van der Waals surface area contributed by atoms with E-state index >= 15 is 0 Å². The molecule has 2 heterocycles. The topological polar surface area (TPSA) is 41.6 Å². The highest BCUT2D eigenvalue weighted by Gasteiger charge is 2.32. The van der Waals surface area contributed by atoms with Gasteiger partial charge in [0.15, 0.2) is 0 Å². The molecule has 0 bridgehead atoms.